The normalized spacial score (nSPS) is 10.9. The van der Waals surface area contributed by atoms with E-state index in [1.807, 2.05) is 12.4 Å². The fourth-order valence-corrected chi connectivity index (χ4v) is 1.71. The van der Waals surface area contributed by atoms with Crippen LogP contribution in [0.1, 0.15) is 19.4 Å². The summed E-state index contributed by atoms with van der Waals surface area (Å²) in [5.41, 5.74) is 3.76. The topological polar surface area (TPSA) is 28.7 Å². The van der Waals surface area contributed by atoms with Crippen LogP contribution in [0.2, 0.25) is 0 Å². The highest BCUT2D eigenvalue weighted by atomic mass is 15.1. The minimum Gasteiger partial charge on any atom is -0.285 e. The van der Waals surface area contributed by atoms with Gasteiger partial charge in [0.05, 0.1) is 6.20 Å². The number of hydrogen-bond donors (Lipinski definition) is 1. The van der Waals surface area contributed by atoms with Crippen molar-refractivity contribution in [1.29, 1.82) is 0 Å². The Morgan fingerprint density at radius 2 is 1.87 bits per heavy atom. The molecule has 0 spiro atoms. The van der Waals surface area contributed by atoms with Crippen molar-refractivity contribution in [3.05, 3.63) is 42.2 Å². The van der Waals surface area contributed by atoms with E-state index in [0.717, 1.165) is 12.0 Å². The van der Waals surface area contributed by atoms with Gasteiger partial charge in [0.15, 0.2) is 0 Å². The smallest absolute Gasteiger partial charge is 0.0565 e. The summed E-state index contributed by atoms with van der Waals surface area (Å²) in [5, 5.41) is 6.77. The molecule has 0 unspecified atom stereocenters. The van der Waals surface area contributed by atoms with Gasteiger partial charge in [-0.2, -0.15) is 5.10 Å². The first-order valence-electron chi connectivity index (χ1n) is 5.34. The second-order valence-electron chi connectivity index (χ2n) is 4.28. The molecule has 78 valence electrons. The number of rotatable bonds is 3. The van der Waals surface area contributed by atoms with Gasteiger partial charge in [-0.3, -0.25) is 5.10 Å². The van der Waals surface area contributed by atoms with Crippen molar-refractivity contribution >= 4 is 0 Å². The molecule has 1 aromatic carbocycles. The van der Waals surface area contributed by atoms with Crippen LogP contribution in [0.4, 0.5) is 0 Å². The maximum absolute atomic E-state index is 3.94. The Labute approximate surface area is 90.3 Å². The molecule has 0 atom stereocenters. The molecule has 2 aromatic rings. The molecule has 0 aliphatic rings. The monoisotopic (exact) mass is 200 g/mol. The number of nitrogens with zero attached hydrogens (tertiary/aromatic N) is 1. The standard InChI is InChI=1S/C13H16N2/c1-10(2)7-11-3-5-12(6-4-11)13-8-14-15-9-13/h3-6,8-10H,7H2,1-2H3,(H,14,15). The van der Waals surface area contributed by atoms with E-state index < -0.39 is 0 Å². The van der Waals surface area contributed by atoms with Crippen LogP contribution >= 0.6 is 0 Å². The number of aromatic amines is 1. The number of hydrogen-bond acceptors (Lipinski definition) is 1. The molecular weight excluding hydrogens is 184 g/mol. The molecule has 1 heterocycles. The number of H-pyrrole nitrogens is 1. The Hall–Kier alpha value is -1.57. The predicted octanol–water partition coefficient (Wildman–Crippen LogP) is 3.28. The van der Waals surface area contributed by atoms with E-state index in [0.29, 0.717) is 5.92 Å². The van der Waals surface area contributed by atoms with E-state index in [-0.39, 0.29) is 0 Å². The predicted molar refractivity (Wildman–Crippen MR) is 62.6 cm³/mol. The molecule has 2 heteroatoms. The zero-order valence-corrected chi connectivity index (χ0v) is 9.20. The minimum absolute atomic E-state index is 0.713. The van der Waals surface area contributed by atoms with Gasteiger partial charge in [-0.05, 0) is 23.5 Å². The lowest BCUT2D eigenvalue weighted by Crippen LogP contribution is -1.93. The summed E-state index contributed by atoms with van der Waals surface area (Å²) in [6.07, 6.45) is 4.90. The van der Waals surface area contributed by atoms with Crippen LogP contribution in [0, 0.1) is 5.92 Å². The van der Waals surface area contributed by atoms with E-state index in [4.69, 9.17) is 0 Å². The molecule has 2 nitrogen and oxygen atoms in total. The van der Waals surface area contributed by atoms with E-state index in [1.165, 1.54) is 11.1 Å². The van der Waals surface area contributed by atoms with Crippen LogP contribution in [0.25, 0.3) is 11.1 Å². The molecule has 0 radical (unpaired) electrons. The first-order valence-corrected chi connectivity index (χ1v) is 5.34. The van der Waals surface area contributed by atoms with Crippen LogP contribution < -0.4 is 0 Å². The van der Waals surface area contributed by atoms with Crippen LogP contribution in [0.3, 0.4) is 0 Å². The van der Waals surface area contributed by atoms with Crippen LogP contribution in [-0.4, -0.2) is 10.2 Å². The average Bonchev–Trinajstić information content (AvgIpc) is 2.71. The summed E-state index contributed by atoms with van der Waals surface area (Å²) in [7, 11) is 0. The van der Waals surface area contributed by atoms with Crippen LogP contribution in [0.15, 0.2) is 36.7 Å². The van der Waals surface area contributed by atoms with Gasteiger partial charge in [0.25, 0.3) is 0 Å². The number of aromatic nitrogens is 2. The van der Waals surface area contributed by atoms with Gasteiger partial charge in [-0.15, -0.1) is 0 Å². The molecular formula is C13H16N2. The first kappa shape index (κ1) is 9.97. The Balaban J connectivity index is 2.17. The zero-order chi connectivity index (χ0) is 10.7. The van der Waals surface area contributed by atoms with E-state index in [2.05, 4.69) is 48.3 Å². The molecule has 0 aliphatic heterocycles. The lowest BCUT2D eigenvalue weighted by atomic mass is 10.0. The number of nitrogens with one attached hydrogen (secondary N) is 1. The molecule has 1 aromatic heterocycles. The van der Waals surface area contributed by atoms with E-state index in [1.54, 1.807) is 0 Å². The summed E-state index contributed by atoms with van der Waals surface area (Å²) < 4.78 is 0. The Kier molecular flexibility index (Phi) is 2.86. The second kappa shape index (κ2) is 4.30. The molecule has 0 saturated heterocycles. The van der Waals surface area contributed by atoms with Gasteiger partial charge in [-0.1, -0.05) is 38.1 Å². The molecule has 0 aliphatic carbocycles. The third kappa shape index (κ3) is 2.46. The molecule has 0 saturated carbocycles. The lowest BCUT2D eigenvalue weighted by molar-refractivity contribution is 0.647. The van der Waals surface area contributed by atoms with Gasteiger partial charge < -0.3 is 0 Å². The zero-order valence-electron chi connectivity index (χ0n) is 9.20. The summed E-state index contributed by atoms with van der Waals surface area (Å²) >= 11 is 0. The van der Waals surface area contributed by atoms with Crippen molar-refractivity contribution in [2.75, 3.05) is 0 Å². The summed E-state index contributed by atoms with van der Waals surface area (Å²) in [6.45, 7) is 4.48. The number of benzene rings is 1. The highest BCUT2D eigenvalue weighted by Crippen LogP contribution is 2.19. The third-order valence-corrected chi connectivity index (χ3v) is 2.43. The third-order valence-electron chi connectivity index (χ3n) is 2.43. The molecule has 0 bridgehead atoms. The SMILES string of the molecule is CC(C)Cc1ccc(-c2cn[nH]c2)cc1. The average molecular weight is 200 g/mol. The van der Waals surface area contributed by atoms with Crippen molar-refractivity contribution in [3.63, 3.8) is 0 Å². The summed E-state index contributed by atoms with van der Waals surface area (Å²) in [5.74, 6) is 0.713. The largest absolute Gasteiger partial charge is 0.285 e. The summed E-state index contributed by atoms with van der Waals surface area (Å²) in [4.78, 5) is 0. The van der Waals surface area contributed by atoms with Crippen molar-refractivity contribution in [1.82, 2.24) is 10.2 Å². The Bertz CT molecular complexity index is 399. The van der Waals surface area contributed by atoms with E-state index in [9.17, 15) is 0 Å². The maximum Gasteiger partial charge on any atom is 0.0565 e. The maximum atomic E-state index is 3.94. The molecule has 0 amide bonds. The molecule has 0 fully saturated rings. The van der Waals surface area contributed by atoms with Gasteiger partial charge in [0.2, 0.25) is 0 Å². The van der Waals surface area contributed by atoms with Crippen molar-refractivity contribution < 1.29 is 0 Å². The van der Waals surface area contributed by atoms with Crippen molar-refractivity contribution in [2.24, 2.45) is 5.92 Å². The van der Waals surface area contributed by atoms with Gasteiger partial charge >= 0.3 is 0 Å². The van der Waals surface area contributed by atoms with Crippen molar-refractivity contribution in [2.45, 2.75) is 20.3 Å². The molecule has 1 N–H and O–H groups in total. The minimum atomic E-state index is 0.713. The summed E-state index contributed by atoms with van der Waals surface area (Å²) in [6, 6.07) is 8.70. The van der Waals surface area contributed by atoms with Gasteiger partial charge in [-0.25, -0.2) is 0 Å². The fraction of sp³-hybridized carbons (Fsp3) is 0.308. The van der Waals surface area contributed by atoms with Crippen molar-refractivity contribution in [3.8, 4) is 11.1 Å². The van der Waals surface area contributed by atoms with Gasteiger partial charge in [0.1, 0.15) is 0 Å². The van der Waals surface area contributed by atoms with Gasteiger partial charge in [0, 0.05) is 11.8 Å². The first-order chi connectivity index (χ1) is 7.25. The fourth-order valence-electron chi connectivity index (χ4n) is 1.71. The van der Waals surface area contributed by atoms with Crippen LogP contribution in [0.5, 0.6) is 0 Å². The lowest BCUT2D eigenvalue weighted by Gasteiger charge is -2.05. The second-order valence-corrected chi connectivity index (χ2v) is 4.28. The molecule has 2 rings (SSSR count). The van der Waals surface area contributed by atoms with E-state index >= 15 is 0 Å². The van der Waals surface area contributed by atoms with Crippen LogP contribution in [-0.2, 0) is 6.42 Å². The molecule has 15 heavy (non-hydrogen) atoms. The Morgan fingerprint density at radius 1 is 1.13 bits per heavy atom. The highest BCUT2D eigenvalue weighted by Gasteiger charge is 2.00. The Morgan fingerprint density at radius 3 is 2.40 bits per heavy atom. The highest BCUT2D eigenvalue weighted by molar-refractivity contribution is 5.61. The quantitative estimate of drug-likeness (QED) is 0.809.